The van der Waals surface area contributed by atoms with Gasteiger partial charge in [0.2, 0.25) is 0 Å². The summed E-state index contributed by atoms with van der Waals surface area (Å²) in [5.41, 5.74) is 0.732. The topological polar surface area (TPSA) is 94.0 Å². The number of imide groups is 1. The van der Waals surface area contributed by atoms with Crippen molar-refractivity contribution in [3.05, 3.63) is 22.8 Å². The molecule has 0 aromatic carbocycles. The van der Waals surface area contributed by atoms with Crippen LogP contribution in [0.5, 0.6) is 0 Å². The zero-order valence-electron chi connectivity index (χ0n) is 12.2. The predicted molar refractivity (Wildman–Crippen MR) is 84.1 cm³/mol. The molecular formula is C14H18N4O3S. The lowest BCUT2D eigenvalue weighted by Gasteiger charge is -2.43. The Morgan fingerprint density at radius 2 is 2.18 bits per heavy atom. The molecule has 2 fully saturated rings. The first-order valence-electron chi connectivity index (χ1n) is 7.18. The summed E-state index contributed by atoms with van der Waals surface area (Å²) in [7, 11) is 0. The smallest absolute Gasteiger partial charge is 0.290 e. The Morgan fingerprint density at radius 3 is 2.82 bits per heavy atom. The molecule has 0 bridgehead atoms. The van der Waals surface area contributed by atoms with Crippen LogP contribution in [0.1, 0.15) is 19.8 Å². The largest absolute Gasteiger partial charge is 0.393 e. The predicted octanol–water partition coefficient (Wildman–Crippen LogP) is 0.542. The van der Waals surface area contributed by atoms with Crippen molar-refractivity contribution in [1.29, 1.82) is 0 Å². The first kappa shape index (κ1) is 15.3. The number of hydrogen-bond acceptors (Lipinski definition) is 7. The number of carbonyl (C=O) groups is 2. The first-order chi connectivity index (χ1) is 10.5. The fraction of sp³-hybridized carbons (Fsp3) is 0.500. The number of aliphatic imine (C=N–C) groups is 1. The van der Waals surface area contributed by atoms with Crippen molar-refractivity contribution >= 4 is 29.1 Å². The Bertz CT molecular complexity index is 593. The van der Waals surface area contributed by atoms with Crippen LogP contribution in [0.2, 0.25) is 0 Å². The van der Waals surface area contributed by atoms with Crippen LogP contribution in [0, 0.1) is 0 Å². The highest BCUT2D eigenvalue weighted by molar-refractivity contribution is 8.18. The molecule has 3 N–H and O–H groups in total. The Morgan fingerprint density at radius 1 is 1.45 bits per heavy atom. The number of piperidine rings is 1. The van der Waals surface area contributed by atoms with Crippen LogP contribution in [0.15, 0.2) is 27.7 Å². The molecule has 3 heterocycles. The van der Waals surface area contributed by atoms with Crippen molar-refractivity contribution in [3.8, 4) is 0 Å². The highest BCUT2D eigenvalue weighted by atomic mass is 32.2. The summed E-state index contributed by atoms with van der Waals surface area (Å²) in [4.78, 5) is 29.8. The molecular weight excluding hydrogens is 304 g/mol. The molecule has 0 aromatic heterocycles. The lowest BCUT2D eigenvalue weighted by Crippen LogP contribution is -2.58. The lowest BCUT2D eigenvalue weighted by molar-refractivity contribution is -0.115. The number of nitrogens with zero attached hydrogens (tertiary/aromatic N) is 2. The van der Waals surface area contributed by atoms with E-state index >= 15 is 0 Å². The second kappa shape index (κ2) is 5.86. The molecule has 22 heavy (non-hydrogen) atoms. The van der Waals surface area contributed by atoms with E-state index in [4.69, 9.17) is 0 Å². The average Bonchev–Trinajstić information content (AvgIpc) is 2.77. The minimum atomic E-state index is -0.606. The Balaban J connectivity index is 1.73. The highest BCUT2D eigenvalue weighted by Crippen LogP contribution is 2.27. The van der Waals surface area contributed by atoms with Crippen LogP contribution in [0.25, 0.3) is 0 Å². The second-order valence-corrected chi connectivity index (χ2v) is 6.63. The second-order valence-electron chi connectivity index (χ2n) is 5.62. The van der Waals surface area contributed by atoms with E-state index in [1.54, 1.807) is 18.4 Å². The van der Waals surface area contributed by atoms with Gasteiger partial charge >= 0.3 is 0 Å². The number of aliphatic hydroxyl groups is 1. The number of allylic oxidation sites excluding steroid dienone is 2. The number of likely N-dealkylation sites (tertiary alicyclic amines) is 1. The Hall–Kier alpha value is -1.64. The van der Waals surface area contributed by atoms with Crippen LogP contribution in [-0.2, 0) is 4.79 Å². The lowest BCUT2D eigenvalue weighted by atomic mass is 10.1. The zero-order chi connectivity index (χ0) is 15.7. The third-order valence-corrected chi connectivity index (χ3v) is 4.78. The van der Waals surface area contributed by atoms with Gasteiger partial charge in [-0.2, -0.15) is 0 Å². The van der Waals surface area contributed by atoms with Gasteiger partial charge in [0.15, 0.2) is 5.79 Å². The van der Waals surface area contributed by atoms with Crippen LogP contribution in [-0.4, -0.2) is 52.3 Å². The summed E-state index contributed by atoms with van der Waals surface area (Å²) in [5.74, 6) is -0.978. The normalized spacial score (nSPS) is 32.1. The monoisotopic (exact) mass is 322 g/mol. The molecule has 118 valence electrons. The summed E-state index contributed by atoms with van der Waals surface area (Å²) >= 11 is 0.893. The van der Waals surface area contributed by atoms with Crippen molar-refractivity contribution in [2.45, 2.75) is 31.7 Å². The molecule has 3 aliphatic rings. The van der Waals surface area contributed by atoms with E-state index in [-0.39, 0.29) is 17.3 Å². The van der Waals surface area contributed by atoms with Gasteiger partial charge in [-0.25, -0.2) is 0 Å². The zero-order valence-corrected chi connectivity index (χ0v) is 13.0. The van der Waals surface area contributed by atoms with E-state index in [9.17, 15) is 14.7 Å². The number of amides is 2. The molecule has 8 heteroatoms. The molecule has 3 aliphatic heterocycles. The fourth-order valence-corrected chi connectivity index (χ4v) is 3.39. The third kappa shape index (κ3) is 3.08. The molecule has 0 aromatic rings. The van der Waals surface area contributed by atoms with Crippen LogP contribution in [0.4, 0.5) is 4.79 Å². The Kier molecular flexibility index (Phi) is 4.07. The summed E-state index contributed by atoms with van der Waals surface area (Å²) in [6.07, 6.45) is 6.33. The van der Waals surface area contributed by atoms with Gasteiger partial charge in [-0.15, -0.1) is 0 Å². The molecule has 1 unspecified atom stereocenters. The van der Waals surface area contributed by atoms with Gasteiger partial charge in [0, 0.05) is 25.0 Å². The minimum Gasteiger partial charge on any atom is -0.393 e. The molecule has 3 rings (SSSR count). The SMILES string of the molecule is CC1(N2CCC(O)CC2)N=CC=C(/C=C2\SC(=O)NC2=O)N1. The van der Waals surface area contributed by atoms with Crippen molar-refractivity contribution < 1.29 is 14.7 Å². The van der Waals surface area contributed by atoms with E-state index in [1.165, 1.54) is 0 Å². The van der Waals surface area contributed by atoms with Gasteiger partial charge in [0.25, 0.3) is 11.1 Å². The van der Waals surface area contributed by atoms with Crippen molar-refractivity contribution in [2.75, 3.05) is 13.1 Å². The summed E-state index contributed by atoms with van der Waals surface area (Å²) in [6, 6.07) is 0. The van der Waals surface area contributed by atoms with Gasteiger partial charge in [0.05, 0.1) is 11.0 Å². The number of nitrogens with one attached hydrogen (secondary N) is 2. The maximum absolute atomic E-state index is 11.6. The minimum absolute atomic E-state index is 0.242. The molecule has 2 amide bonds. The van der Waals surface area contributed by atoms with Gasteiger partial charge in [-0.3, -0.25) is 24.8 Å². The summed E-state index contributed by atoms with van der Waals surface area (Å²) in [5, 5.41) is 14.8. The molecule has 0 radical (unpaired) electrons. The number of hydrogen-bond donors (Lipinski definition) is 3. The first-order valence-corrected chi connectivity index (χ1v) is 7.99. The van der Waals surface area contributed by atoms with Gasteiger partial charge in [-0.05, 0) is 43.7 Å². The van der Waals surface area contributed by atoms with Crippen molar-refractivity contribution in [3.63, 3.8) is 0 Å². The van der Waals surface area contributed by atoms with E-state index in [0.29, 0.717) is 4.91 Å². The average molecular weight is 322 g/mol. The molecule has 0 saturated carbocycles. The van der Waals surface area contributed by atoms with E-state index in [2.05, 4.69) is 20.5 Å². The summed E-state index contributed by atoms with van der Waals surface area (Å²) < 4.78 is 0. The quantitative estimate of drug-likeness (QED) is 0.643. The van der Waals surface area contributed by atoms with Crippen LogP contribution >= 0.6 is 11.8 Å². The molecule has 0 aliphatic carbocycles. The standard InChI is InChI=1S/C14H18N4O3S/c1-14(18-6-3-10(19)4-7-18)15-5-2-9(17-14)8-11-12(20)16-13(21)22-11/h2,5,8,10,17,19H,3-4,6-7H2,1H3,(H,16,20,21)/b11-8-. The molecule has 1 atom stereocenters. The number of rotatable bonds is 2. The van der Waals surface area contributed by atoms with Crippen LogP contribution < -0.4 is 10.6 Å². The van der Waals surface area contributed by atoms with Gasteiger partial charge in [-0.1, -0.05) is 0 Å². The maximum Gasteiger partial charge on any atom is 0.290 e. The number of thioether (sulfide) groups is 1. The molecule has 0 spiro atoms. The van der Waals surface area contributed by atoms with Gasteiger partial charge < -0.3 is 10.4 Å². The van der Waals surface area contributed by atoms with Crippen molar-refractivity contribution in [1.82, 2.24) is 15.5 Å². The van der Waals surface area contributed by atoms with Crippen molar-refractivity contribution in [2.24, 2.45) is 4.99 Å². The fourth-order valence-electron chi connectivity index (χ4n) is 2.72. The van der Waals surface area contributed by atoms with E-state index in [0.717, 1.165) is 43.4 Å². The van der Waals surface area contributed by atoms with E-state index < -0.39 is 5.79 Å². The summed E-state index contributed by atoms with van der Waals surface area (Å²) in [6.45, 7) is 3.46. The number of aliphatic hydroxyl groups excluding tert-OH is 1. The van der Waals surface area contributed by atoms with E-state index in [1.807, 2.05) is 6.92 Å². The maximum atomic E-state index is 11.6. The number of carbonyl (C=O) groups excluding carboxylic acids is 2. The molecule has 7 nitrogen and oxygen atoms in total. The Labute approximate surface area is 132 Å². The molecule has 2 saturated heterocycles. The third-order valence-electron chi connectivity index (χ3n) is 3.97. The van der Waals surface area contributed by atoms with Crippen LogP contribution in [0.3, 0.4) is 0 Å². The highest BCUT2D eigenvalue weighted by Gasteiger charge is 2.35. The van der Waals surface area contributed by atoms with Gasteiger partial charge in [0.1, 0.15) is 0 Å².